The molecule has 7 heteroatoms. The van der Waals surface area contributed by atoms with Gasteiger partial charge in [0.05, 0.1) is 14.2 Å². The molecule has 1 amide bonds. The summed E-state index contributed by atoms with van der Waals surface area (Å²) in [6.45, 7) is 0. The molecule has 0 spiro atoms. The highest BCUT2D eigenvalue weighted by Gasteiger charge is 2.14. The number of carbonyl (C=O) groups is 1. The summed E-state index contributed by atoms with van der Waals surface area (Å²) in [5.41, 5.74) is 1.60. The molecule has 0 radical (unpaired) electrons. The number of thiazole rings is 1. The number of benzene rings is 2. The first-order chi connectivity index (χ1) is 12.5. The first-order valence-electron chi connectivity index (χ1n) is 7.77. The van der Waals surface area contributed by atoms with Crippen molar-refractivity contribution in [3.05, 3.63) is 57.9 Å². The molecular formula is C19H17ClN2O3S. The number of hydrogen-bond acceptors (Lipinski definition) is 4. The molecule has 0 bridgehead atoms. The average Bonchev–Trinajstić information content (AvgIpc) is 2.97. The van der Waals surface area contributed by atoms with Crippen LogP contribution < -0.4 is 14.3 Å². The molecule has 0 aliphatic rings. The molecule has 0 aliphatic carbocycles. The molecule has 3 aromatic rings. The number of aromatic nitrogens is 1. The number of halogens is 1. The van der Waals surface area contributed by atoms with Gasteiger partial charge in [0.1, 0.15) is 21.7 Å². The van der Waals surface area contributed by atoms with Crippen LogP contribution in [0.15, 0.2) is 47.5 Å². The van der Waals surface area contributed by atoms with Gasteiger partial charge in [-0.1, -0.05) is 41.1 Å². The first-order valence-corrected chi connectivity index (χ1v) is 8.96. The fourth-order valence-electron chi connectivity index (χ4n) is 2.53. The van der Waals surface area contributed by atoms with E-state index in [1.54, 1.807) is 26.4 Å². The van der Waals surface area contributed by atoms with E-state index < -0.39 is 0 Å². The lowest BCUT2D eigenvalue weighted by Gasteiger charge is -2.06. The number of aryl methyl sites for hydroxylation is 1. The fourth-order valence-corrected chi connectivity index (χ4v) is 3.86. The number of carbonyl (C=O) groups excluding carboxylic acids is 1. The number of hydrogen-bond donors (Lipinski definition) is 0. The van der Waals surface area contributed by atoms with Crippen LogP contribution in [0.1, 0.15) is 5.56 Å². The lowest BCUT2D eigenvalue weighted by atomic mass is 10.2. The van der Waals surface area contributed by atoms with E-state index in [0.29, 0.717) is 21.3 Å². The van der Waals surface area contributed by atoms with E-state index in [9.17, 15) is 4.79 Å². The van der Waals surface area contributed by atoms with Gasteiger partial charge >= 0.3 is 0 Å². The number of nitrogens with zero attached hydrogens (tertiary/aromatic N) is 2. The first kappa shape index (κ1) is 18.2. The molecule has 0 fully saturated rings. The number of rotatable bonds is 4. The maximum atomic E-state index is 12.3. The van der Waals surface area contributed by atoms with Gasteiger partial charge in [-0.2, -0.15) is 4.99 Å². The van der Waals surface area contributed by atoms with Crippen molar-refractivity contribution >= 4 is 45.1 Å². The molecule has 0 aliphatic heterocycles. The third-order valence-electron chi connectivity index (χ3n) is 3.83. The van der Waals surface area contributed by atoms with Gasteiger partial charge in [-0.25, -0.2) is 0 Å². The monoisotopic (exact) mass is 388 g/mol. The second-order valence-corrected chi connectivity index (χ2v) is 6.78. The largest absolute Gasteiger partial charge is 0.495 e. The molecule has 26 heavy (non-hydrogen) atoms. The Morgan fingerprint density at radius 1 is 1.15 bits per heavy atom. The molecular weight excluding hydrogens is 372 g/mol. The van der Waals surface area contributed by atoms with E-state index in [0.717, 1.165) is 15.8 Å². The zero-order valence-electron chi connectivity index (χ0n) is 14.5. The Kier molecular flexibility index (Phi) is 5.44. The highest BCUT2D eigenvalue weighted by Crippen LogP contribution is 2.34. The van der Waals surface area contributed by atoms with Crippen LogP contribution in [0.25, 0.3) is 16.3 Å². The third-order valence-corrected chi connectivity index (χ3v) is 5.32. The Bertz CT molecular complexity index is 1070. The van der Waals surface area contributed by atoms with Gasteiger partial charge < -0.3 is 14.0 Å². The topological polar surface area (TPSA) is 52.8 Å². The summed E-state index contributed by atoms with van der Waals surface area (Å²) in [6.07, 6.45) is 3.06. The van der Waals surface area contributed by atoms with Crippen molar-refractivity contribution < 1.29 is 14.3 Å². The van der Waals surface area contributed by atoms with Crippen molar-refractivity contribution in [1.82, 2.24) is 4.57 Å². The summed E-state index contributed by atoms with van der Waals surface area (Å²) < 4.78 is 13.5. The van der Waals surface area contributed by atoms with E-state index in [2.05, 4.69) is 4.99 Å². The van der Waals surface area contributed by atoms with E-state index in [4.69, 9.17) is 21.1 Å². The van der Waals surface area contributed by atoms with Crippen LogP contribution in [-0.2, 0) is 11.8 Å². The summed E-state index contributed by atoms with van der Waals surface area (Å²) in [5.74, 6) is 1.03. The Morgan fingerprint density at radius 3 is 2.54 bits per heavy atom. The zero-order valence-corrected chi connectivity index (χ0v) is 16.1. The highest BCUT2D eigenvalue weighted by molar-refractivity contribution is 7.16. The molecule has 5 nitrogen and oxygen atoms in total. The number of methoxy groups -OCH3 is 2. The van der Waals surface area contributed by atoms with Crippen LogP contribution in [-0.4, -0.2) is 24.7 Å². The van der Waals surface area contributed by atoms with E-state index in [-0.39, 0.29) is 5.91 Å². The Balaban J connectivity index is 2.03. The summed E-state index contributed by atoms with van der Waals surface area (Å²) in [7, 11) is 5.05. The Morgan fingerprint density at radius 2 is 1.85 bits per heavy atom. The predicted molar refractivity (Wildman–Crippen MR) is 105 cm³/mol. The van der Waals surface area contributed by atoms with Crippen LogP contribution >= 0.6 is 22.9 Å². The summed E-state index contributed by atoms with van der Waals surface area (Å²) >= 11 is 7.46. The van der Waals surface area contributed by atoms with Gasteiger partial charge in [0, 0.05) is 18.1 Å². The van der Waals surface area contributed by atoms with Crippen molar-refractivity contribution in [3.63, 3.8) is 0 Å². The summed E-state index contributed by atoms with van der Waals surface area (Å²) in [4.78, 5) is 17.0. The van der Waals surface area contributed by atoms with Crippen molar-refractivity contribution in [2.75, 3.05) is 14.2 Å². The Hall–Kier alpha value is -2.57. The summed E-state index contributed by atoms with van der Waals surface area (Å²) in [6, 6.07) is 11.0. The highest BCUT2D eigenvalue weighted by atomic mass is 35.5. The standard InChI is InChI=1S/C19H17ClN2O3S/c1-22-17-14(24-2)9-10-15(25-3)18(17)26-19(22)21-16(23)11-8-12-6-4-5-7-13(12)20/h4-11H,1-3H3/b11-8+,21-19?. The molecule has 0 unspecified atom stereocenters. The van der Waals surface area contributed by atoms with Crippen molar-refractivity contribution in [1.29, 1.82) is 0 Å². The lowest BCUT2D eigenvalue weighted by molar-refractivity contribution is -0.113. The molecule has 1 heterocycles. The normalized spacial score (nSPS) is 12.1. The minimum absolute atomic E-state index is 0.370. The quantitative estimate of drug-likeness (QED) is 0.633. The summed E-state index contributed by atoms with van der Waals surface area (Å²) in [5, 5.41) is 0.582. The molecule has 0 saturated carbocycles. The van der Waals surface area contributed by atoms with Crippen LogP contribution in [0.4, 0.5) is 0 Å². The van der Waals surface area contributed by atoms with E-state index in [1.807, 2.05) is 41.9 Å². The van der Waals surface area contributed by atoms with Gasteiger partial charge in [0.15, 0.2) is 4.80 Å². The molecule has 134 valence electrons. The van der Waals surface area contributed by atoms with Crippen molar-refractivity contribution in [2.45, 2.75) is 0 Å². The molecule has 2 aromatic carbocycles. The lowest BCUT2D eigenvalue weighted by Crippen LogP contribution is -2.12. The number of ether oxygens (including phenoxy) is 2. The molecule has 1 aromatic heterocycles. The van der Waals surface area contributed by atoms with Crippen LogP contribution in [0.2, 0.25) is 5.02 Å². The van der Waals surface area contributed by atoms with Crippen LogP contribution in [0, 0.1) is 0 Å². The number of fused-ring (bicyclic) bond motifs is 1. The van der Waals surface area contributed by atoms with E-state index >= 15 is 0 Å². The number of amides is 1. The smallest absolute Gasteiger partial charge is 0.272 e. The molecule has 0 atom stereocenters. The van der Waals surface area contributed by atoms with Crippen molar-refractivity contribution in [2.24, 2.45) is 12.0 Å². The molecule has 3 rings (SSSR count). The van der Waals surface area contributed by atoms with Crippen LogP contribution in [0.5, 0.6) is 11.5 Å². The third kappa shape index (κ3) is 3.52. The molecule has 0 saturated heterocycles. The fraction of sp³-hybridized carbons (Fsp3) is 0.158. The minimum atomic E-state index is -0.370. The Labute approximate surface area is 159 Å². The predicted octanol–water partition coefficient (Wildman–Crippen LogP) is 4.05. The van der Waals surface area contributed by atoms with Gasteiger partial charge in [-0.3, -0.25) is 4.79 Å². The second-order valence-electron chi connectivity index (χ2n) is 5.40. The van der Waals surface area contributed by atoms with Crippen LogP contribution in [0.3, 0.4) is 0 Å². The maximum absolute atomic E-state index is 12.3. The molecule has 0 N–H and O–H groups in total. The van der Waals surface area contributed by atoms with Crippen molar-refractivity contribution in [3.8, 4) is 11.5 Å². The maximum Gasteiger partial charge on any atom is 0.272 e. The van der Waals surface area contributed by atoms with E-state index in [1.165, 1.54) is 17.4 Å². The van der Waals surface area contributed by atoms with Gasteiger partial charge in [-0.15, -0.1) is 0 Å². The van der Waals surface area contributed by atoms with Gasteiger partial charge in [-0.05, 0) is 29.8 Å². The zero-order chi connectivity index (χ0) is 18.7. The average molecular weight is 389 g/mol. The second kappa shape index (κ2) is 7.76. The van der Waals surface area contributed by atoms with Gasteiger partial charge in [0.2, 0.25) is 0 Å². The van der Waals surface area contributed by atoms with Gasteiger partial charge in [0.25, 0.3) is 5.91 Å². The SMILES string of the molecule is COc1ccc(OC)c2c1sc(=NC(=O)/C=C/c1ccccc1Cl)n2C. The minimum Gasteiger partial charge on any atom is -0.495 e.